The summed E-state index contributed by atoms with van der Waals surface area (Å²) in [4.78, 5) is 75.1. The third-order valence-corrected chi connectivity index (χ3v) is 12.0. The van der Waals surface area contributed by atoms with Gasteiger partial charge in [-0.1, -0.05) is 78.9 Å². The summed E-state index contributed by atoms with van der Waals surface area (Å²) >= 11 is 0. The number of halogens is 6. The van der Waals surface area contributed by atoms with E-state index in [2.05, 4.69) is 25.8 Å². The average molecular weight is 1080 g/mol. The molecule has 1 aliphatic heterocycles. The van der Waals surface area contributed by atoms with Gasteiger partial charge in [-0.25, -0.2) is 14.4 Å². The molecule has 7 rings (SSSR count). The first-order valence-corrected chi connectivity index (χ1v) is 23.8. The zero-order chi connectivity index (χ0) is 56.5. The van der Waals surface area contributed by atoms with Crippen LogP contribution in [-0.2, 0) is 32.1 Å². The molecular weight excluding hydrogens is 1020 g/mol. The minimum atomic E-state index is -5.08. The summed E-state index contributed by atoms with van der Waals surface area (Å²) in [7, 11) is 1.74. The quantitative estimate of drug-likeness (QED) is 0.0425. The highest BCUT2D eigenvalue weighted by atomic mass is 19.4. The summed E-state index contributed by atoms with van der Waals surface area (Å²) in [5.41, 5.74) is 6.39. The molecule has 0 bridgehead atoms. The molecule has 3 amide bonds. The number of benzene rings is 5. The number of nitrogens with zero attached hydrogens (tertiary/aromatic N) is 2. The van der Waals surface area contributed by atoms with Crippen LogP contribution in [0.25, 0.3) is 22.0 Å². The zero-order valence-electron chi connectivity index (χ0n) is 41.5. The number of aliphatic hydroxyl groups excluding tert-OH is 1. The van der Waals surface area contributed by atoms with Crippen molar-refractivity contribution in [1.82, 2.24) is 20.5 Å². The molecule has 8 N–H and O–H groups in total. The lowest BCUT2D eigenvalue weighted by Gasteiger charge is -2.31. The van der Waals surface area contributed by atoms with Crippen LogP contribution in [0.3, 0.4) is 0 Å². The Morgan fingerprint density at radius 2 is 1.40 bits per heavy atom. The number of phenolic OH excluding ortho intramolecular Hbond substituents is 1. The number of carbonyl (C=O) groups is 5. The van der Waals surface area contributed by atoms with Gasteiger partial charge in [0.05, 0.1) is 17.3 Å². The number of fused-ring (bicyclic) bond motifs is 1. The Kier molecular flexibility index (Phi) is 21.3. The minimum Gasteiger partial charge on any atom is -0.506 e. The van der Waals surface area contributed by atoms with Gasteiger partial charge < -0.3 is 50.6 Å². The number of aromatic hydroxyl groups is 1. The smallest absolute Gasteiger partial charge is 0.490 e. The molecule has 0 radical (unpaired) electrons. The van der Waals surface area contributed by atoms with Gasteiger partial charge in [-0.15, -0.1) is 0 Å². The normalized spacial score (nSPS) is 13.6. The van der Waals surface area contributed by atoms with Crippen molar-refractivity contribution in [2.24, 2.45) is 0 Å². The number of aliphatic carboxylic acids is 2. The second kappa shape index (κ2) is 27.5. The fourth-order valence-electron chi connectivity index (χ4n) is 7.95. The Hall–Kier alpha value is -8.28. The summed E-state index contributed by atoms with van der Waals surface area (Å²) in [5.74, 6) is -5.83. The first kappa shape index (κ1) is 59.6. The number of phenols is 1. The summed E-state index contributed by atoms with van der Waals surface area (Å²) in [6.45, 7) is 4.67. The van der Waals surface area contributed by atoms with Crippen LogP contribution in [0, 0.1) is 0 Å². The maximum Gasteiger partial charge on any atom is 0.490 e. The number of para-hydroxylation sites is 1. The highest BCUT2D eigenvalue weighted by Crippen LogP contribution is 2.30. The predicted molar refractivity (Wildman–Crippen MR) is 273 cm³/mol. The van der Waals surface area contributed by atoms with Gasteiger partial charge in [-0.05, 0) is 90.9 Å². The van der Waals surface area contributed by atoms with E-state index in [-0.39, 0.29) is 41.8 Å². The van der Waals surface area contributed by atoms with Crippen LogP contribution in [0.2, 0.25) is 0 Å². The number of ether oxygens (including phenoxy) is 1. The maximum absolute atomic E-state index is 13.2. The summed E-state index contributed by atoms with van der Waals surface area (Å²) in [5, 5.41) is 45.2. The van der Waals surface area contributed by atoms with Crippen molar-refractivity contribution in [1.29, 1.82) is 0 Å². The van der Waals surface area contributed by atoms with Crippen molar-refractivity contribution in [3.8, 4) is 16.9 Å². The lowest BCUT2D eigenvalue weighted by atomic mass is 10.0. The van der Waals surface area contributed by atoms with Gasteiger partial charge in [0.25, 0.3) is 5.91 Å². The van der Waals surface area contributed by atoms with E-state index in [1.807, 2.05) is 85.8 Å². The summed E-state index contributed by atoms with van der Waals surface area (Å²) < 4.78 is 69.2. The number of aromatic amines is 1. The summed E-state index contributed by atoms with van der Waals surface area (Å²) in [6.07, 6.45) is -9.32. The number of likely N-dealkylation sites (tertiary alicyclic amines) is 1. The van der Waals surface area contributed by atoms with Gasteiger partial charge >= 0.3 is 30.4 Å². The Labute approximate surface area is 437 Å². The van der Waals surface area contributed by atoms with E-state index >= 15 is 0 Å². The van der Waals surface area contributed by atoms with Crippen LogP contribution in [0.15, 0.2) is 132 Å². The largest absolute Gasteiger partial charge is 0.506 e. The molecule has 410 valence electrons. The van der Waals surface area contributed by atoms with E-state index in [0.29, 0.717) is 72.2 Å². The van der Waals surface area contributed by atoms with Crippen molar-refractivity contribution in [3.63, 3.8) is 0 Å². The number of carboxylic acid groups (broad SMARTS) is 2. The Morgan fingerprint density at radius 3 is 2.04 bits per heavy atom. The number of pyridine rings is 1. The average Bonchev–Trinajstić information content (AvgIpc) is 3.40. The standard InChI is InChI=1S/C50H54N6O7.2C2HF3O2/c1-33(51-32-45(58)41-19-21-44(57)48-42(41)20-22-46(59)54-48)29-34-9-8-10-35(30-34)31-52-49(61)37-15-17-38(18-16-37)55(2)47(60)25-28-56-26-23-39(24-27-56)63-50(62)53-43-14-7-6-13-40(43)36-11-4-3-5-12-36;2*3-2(4,5)1(6)7/h3-22,30,33,39,45,51,57-58H,23-29,31-32H2,1-2H3,(H,52,61)(H,53,62)(H,54,59);2*(H,6,7)/t33-,45+;;/m1../s1. The van der Waals surface area contributed by atoms with Crippen LogP contribution >= 0.6 is 0 Å². The molecule has 1 aliphatic rings. The molecule has 5 aromatic carbocycles. The highest BCUT2D eigenvalue weighted by Gasteiger charge is 2.39. The third kappa shape index (κ3) is 18.5. The first-order chi connectivity index (χ1) is 36.4. The lowest BCUT2D eigenvalue weighted by Crippen LogP contribution is -2.40. The van der Waals surface area contributed by atoms with E-state index in [0.717, 1.165) is 35.3 Å². The number of piperidine rings is 1. The Bertz CT molecular complexity index is 3000. The number of aliphatic hydroxyl groups is 1. The second-order valence-electron chi connectivity index (χ2n) is 17.7. The van der Waals surface area contributed by atoms with E-state index in [9.17, 15) is 55.7 Å². The van der Waals surface area contributed by atoms with Crippen LogP contribution in [-0.4, -0.2) is 118 Å². The molecule has 0 saturated carbocycles. The molecule has 1 fully saturated rings. The number of H-pyrrole nitrogens is 1. The molecule has 77 heavy (non-hydrogen) atoms. The fraction of sp³-hybridized carbons (Fsp3) is 0.296. The number of carbonyl (C=O) groups excluding carboxylic acids is 3. The molecular formula is C54H56F6N6O11. The number of nitrogens with one attached hydrogen (secondary N) is 4. The van der Waals surface area contributed by atoms with Crippen LogP contribution in [0.5, 0.6) is 5.75 Å². The second-order valence-corrected chi connectivity index (χ2v) is 17.7. The predicted octanol–water partition coefficient (Wildman–Crippen LogP) is 8.42. The number of aromatic nitrogens is 1. The van der Waals surface area contributed by atoms with Crippen LogP contribution in [0.4, 0.5) is 42.5 Å². The van der Waals surface area contributed by atoms with Crippen molar-refractivity contribution in [3.05, 3.63) is 160 Å². The molecule has 0 unspecified atom stereocenters. The SMILES string of the molecule is C[C@H](Cc1cccc(CNC(=O)c2ccc(N(C)C(=O)CCN3CCC(OC(=O)Nc4ccccc4-c4ccccc4)CC3)cc2)c1)NC[C@H](O)c1ccc(O)c2[nH]c(=O)ccc12.O=C(O)C(F)(F)F.O=C(O)C(F)(F)F. The highest BCUT2D eigenvalue weighted by molar-refractivity contribution is 5.96. The molecule has 1 aromatic heterocycles. The number of carboxylic acids is 2. The number of hydrogen-bond acceptors (Lipinski definition) is 11. The van der Waals surface area contributed by atoms with Gasteiger partial charge in [0.1, 0.15) is 11.9 Å². The number of amides is 3. The van der Waals surface area contributed by atoms with Gasteiger partial charge in [0.15, 0.2) is 0 Å². The van der Waals surface area contributed by atoms with Gasteiger partial charge in [0.2, 0.25) is 11.5 Å². The number of anilines is 2. The topological polar surface area (TPSA) is 251 Å². The van der Waals surface area contributed by atoms with Gasteiger partial charge in [0, 0.05) is 80.5 Å². The Morgan fingerprint density at radius 1 is 0.792 bits per heavy atom. The van der Waals surface area contributed by atoms with Crippen molar-refractivity contribution >= 4 is 52.1 Å². The van der Waals surface area contributed by atoms with Crippen molar-refractivity contribution in [2.45, 2.75) is 69.8 Å². The van der Waals surface area contributed by atoms with Crippen LogP contribution < -0.4 is 26.4 Å². The van der Waals surface area contributed by atoms with Crippen molar-refractivity contribution in [2.75, 3.05) is 43.4 Å². The molecule has 0 aliphatic carbocycles. The number of rotatable bonds is 16. The van der Waals surface area contributed by atoms with Gasteiger partial charge in [-0.2, -0.15) is 26.3 Å². The first-order valence-electron chi connectivity index (χ1n) is 23.8. The molecule has 23 heteroatoms. The molecule has 2 heterocycles. The number of alkyl halides is 6. The van der Waals surface area contributed by atoms with E-state index in [1.165, 1.54) is 12.1 Å². The van der Waals surface area contributed by atoms with E-state index in [4.69, 9.17) is 24.5 Å². The molecule has 0 spiro atoms. The molecule has 1 saturated heterocycles. The van der Waals surface area contributed by atoms with Crippen molar-refractivity contribution < 1.29 is 75.5 Å². The monoisotopic (exact) mass is 1080 g/mol. The van der Waals surface area contributed by atoms with E-state index in [1.54, 1.807) is 48.3 Å². The van der Waals surface area contributed by atoms with E-state index < -0.39 is 36.5 Å². The zero-order valence-corrected chi connectivity index (χ0v) is 41.5. The van der Waals surface area contributed by atoms with Crippen LogP contribution in [0.1, 0.15) is 59.3 Å². The minimum absolute atomic E-state index is 0.0192. The number of hydrogen-bond donors (Lipinski definition) is 8. The molecule has 2 atom stereocenters. The Balaban J connectivity index is 0.000000688. The van der Waals surface area contributed by atoms with Gasteiger partial charge in [-0.3, -0.25) is 19.7 Å². The third-order valence-electron chi connectivity index (χ3n) is 12.0. The molecule has 17 nitrogen and oxygen atoms in total. The summed E-state index contributed by atoms with van der Waals surface area (Å²) in [6, 6.07) is 38.6. The lowest BCUT2D eigenvalue weighted by molar-refractivity contribution is -0.193. The molecule has 6 aromatic rings. The maximum atomic E-state index is 13.2. The fourth-order valence-corrected chi connectivity index (χ4v) is 7.95.